The Hall–Kier alpha value is -2.12. The van der Waals surface area contributed by atoms with E-state index >= 15 is 0 Å². The fourth-order valence-electron chi connectivity index (χ4n) is 2.90. The lowest BCUT2D eigenvalue weighted by Gasteiger charge is -2.22. The maximum atomic E-state index is 12.5. The predicted octanol–water partition coefficient (Wildman–Crippen LogP) is 2.34. The summed E-state index contributed by atoms with van der Waals surface area (Å²) in [4.78, 5) is 35.9. The smallest absolute Gasteiger partial charge is 0.272 e. The van der Waals surface area contributed by atoms with Crippen molar-refractivity contribution in [3.8, 4) is 5.75 Å². The summed E-state index contributed by atoms with van der Waals surface area (Å²) in [6, 6.07) is 1.79. The van der Waals surface area contributed by atoms with Gasteiger partial charge in [0.1, 0.15) is 0 Å². The van der Waals surface area contributed by atoms with Crippen LogP contribution in [-0.4, -0.2) is 16.7 Å². The number of hydrogen-bond donors (Lipinski definition) is 0. The summed E-state index contributed by atoms with van der Waals surface area (Å²) in [6.07, 6.45) is 2.17. The molecule has 1 heterocycles. The molecule has 120 valence electrons. The van der Waals surface area contributed by atoms with Crippen LogP contribution in [-0.2, 0) is 9.59 Å². The molecule has 7 nitrogen and oxygen atoms in total. The Balaban J connectivity index is 2.08. The van der Waals surface area contributed by atoms with Crippen LogP contribution in [0.5, 0.6) is 5.75 Å². The highest BCUT2D eigenvalue weighted by Crippen LogP contribution is 2.44. The Kier molecular flexibility index (Phi) is 3.77. The topological polar surface area (TPSA) is 104 Å². The minimum Gasteiger partial charge on any atom is -0.870 e. The number of nitrogens with zero attached hydrogens (tertiary/aromatic N) is 2. The van der Waals surface area contributed by atoms with E-state index in [9.17, 15) is 24.8 Å². The molecule has 0 N–H and O–H groups in total. The highest BCUT2D eigenvalue weighted by Gasteiger charge is 2.49. The van der Waals surface area contributed by atoms with E-state index in [4.69, 9.17) is 23.2 Å². The first-order chi connectivity index (χ1) is 10.8. The quantitative estimate of drug-likeness (QED) is 0.460. The first-order valence-electron chi connectivity index (χ1n) is 6.68. The SMILES string of the molecule is O=C1[C@H]2CC=C(Cl)C[C@@H]2C(=O)N1c1cc([N+](=O)[O-])cc(Cl)c1[O-]. The van der Waals surface area contributed by atoms with Crippen LogP contribution in [0.3, 0.4) is 0 Å². The number of nitro benzene ring substituents is 1. The van der Waals surface area contributed by atoms with Crippen molar-refractivity contribution in [2.45, 2.75) is 12.8 Å². The molecule has 2 aliphatic rings. The summed E-state index contributed by atoms with van der Waals surface area (Å²) in [5.74, 6) is -3.20. The van der Waals surface area contributed by atoms with Gasteiger partial charge in [-0.1, -0.05) is 35.0 Å². The van der Waals surface area contributed by atoms with E-state index in [1.54, 1.807) is 6.08 Å². The number of carbonyl (C=O) groups excluding carboxylic acids is 2. The molecule has 9 heteroatoms. The van der Waals surface area contributed by atoms with E-state index in [0.717, 1.165) is 12.1 Å². The number of carbonyl (C=O) groups is 2. The molecule has 1 aromatic rings. The molecule has 0 saturated carbocycles. The molecular formula is C14H9Cl2N2O5-. The van der Waals surface area contributed by atoms with Crippen molar-refractivity contribution in [1.29, 1.82) is 0 Å². The van der Waals surface area contributed by atoms with E-state index in [2.05, 4.69) is 0 Å². The van der Waals surface area contributed by atoms with E-state index in [1.807, 2.05) is 0 Å². The van der Waals surface area contributed by atoms with Gasteiger partial charge in [-0.3, -0.25) is 24.6 Å². The number of imide groups is 1. The lowest BCUT2D eigenvalue weighted by Crippen LogP contribution is -2.31. The molecule has 1 fully saturated rings. The van der Waals surface area contributed by atoms with Gasteiger partial charge in [-0.05, 0) is 12.8 Å². The van der Waals surface area contributed by atoms with Gasteiger partial charge in [0.05, 0.1) is 22.4 Å². The summed E-state index contributed by atoms with van der Waals surface area (Å²) in [7, 11) is 0. The number of rotatable bonds is 2. The van der Waals surface area contributed by atoms with Crippen molar-refractivity contribution in [3.63, 3.8) is 0 Å². The lowest BCUT2D eigenvalue weighted by atomic mass is 9.85. The molecule has 2 amide bonds. The van der Waals surface area contributed by atoms with Crippen LogP contribution >= 0.6 is 23.2 Å². The monoisotopic (exact) mass is 355 g/mol. The average Bonchev–Trinajstić information content (AvgIpc) is 2.73. The molecule has 2 atom stereocenters. The first-order valence-corrected chi connectivity index (χ1v) is 7.44. The molecule has 1 aliphatic carbocycles. The van der Waals surface area contributed by atoms with Crippen molar-refractivity contribution in [1.82, 2.24) is 0 Å². The second kappa shape index (κ2) is 5.50. The minimum atomic E-state index is -0.795. The molecule has 23 heavy (non-hydrogen) atoms. The van der Waals surface area contributed by atoms with Crippen molar-refractivity contribution in [3.05, 3.63) is 38.4 Å². The van der Waals surface area contributed by atoms with Gasteiger partial charge in [0.15, 0.2) is 0 Å². The number of benzene rings is 1. The zero-order valence-electron chi connectivity index (χ0n) is 11.5. The van der Waals surface area contributed by atoms with Crippen molar-refractivity contribution in [2.24, 2.45) is 11.8 Å². The first kappa shape index (κ1) is 15.8. The Morgan fingerprint density at radius 2 is 1.83 bits per heavy atom. The van der Waals surface area contributed by atoms with Crippen LogP contribution in [0.15, 0.2) is 23.2 Å². The van der Waals surface area contributed by atoms with Crippen LogP contribution in [0.2, 0.25) is 5.02 Å². The molecule has 0 radical (unpaired) electrons. The van der Waals surface area contributed by atoms with Crippen molar-refractivity contribution in [2.75, 3.05) is 4.90 Å². The Labute approximate surface area is 140 Å². The van der Waals surface area contributed by atoms with Gasteiger partial charge in [-0.15, -0.1) is 0 Å². The zero-order chi connectivity index (χ0) is 16.9. The highest BCUT2D eigenvalue weighted by molar-refractivity contribution is 6.34. The number of anilines is 1. The molecular weight excluding hydrogens is 347 g/mol. The largest absolute Gasteiger partial charge is 0.870 e. The number of halogens is 2. The van der Waals surface area contributed by atoms with E-state index in [0.29, 0.717) is 16.4 Å². The molecule has 1 aromatic carbocycles. The Morgan fingerprint density at radius 3 is 2.48 bits per heavy atom. The minimum absolute atomic E-state index is 0.212. The maximum Gasteiger partial charge on any atom is 0.272 e. The van der Waals surface area contributed by atoms with Gasteiger partial charge in [0, 0.05) is 22.2 Å². The molecule has 1 saturated heterocycles. The van der Waals surface area contributed by atoms with E-state index in [1.165, 1.54) is 0 Å². The molecule has 0 bridgehead atoms. The molecule has 0 spiro atoms. The molecule has 0 unspecified atom stereocenters. The van der Waals surface area contributed by atoms with Crippen LogP contribution in [0.25, 0.3) is 0 Å². The third-order valence-electron chi connectivity index (χ3n) is 4.03. The number of allylic oxidation sites excluding steroid dienone is 2. The van der Waals surface area contributed by atoms with Gasteiger partial charge in [-0.25, -0.2) is 0 Å². The summed E-state index contributed by atoms with van der Waals surface area (Å²) >= 11 is 11.6. The van der Waals surface area contributed by atoms with Crippen LogP contribution in [0, 0.1) is 22.0 Å². The second-order valence-electron chi connectivity index (χ2n) is 5.35. The van der Waals surface area contributed by atoms with Crippen molar-refractivity contribution < 1.29 is 19.6 Å². The van der Waals surface area contributed by atoms with Crippen molar-refractivity contribution >= 4 is 46.4 Å². The summed E-state index contributed by atoms with van der Waals surface area (Å²) < 4.78 is 0. The van der Waals surface area contributed by atoms with Gasteiger partial charge >= 0.3 is 0 Å². The Morgan fingerprint density at radius 1 is 1.17 bits per heavy atom. The number of non-ortho nitro benzene ring substituents is 1. The molecule has 1 aliphatic heterocycles. The standard InChI is InChI=1S/C14H10Cl2N2O5/c15-6-1-2-8-9(3-6)14(21)17(13(8)20)11-5-7(18(22)23)4-10(16)12(11)19/h1,4-5,8-9,19H,2-3H2/p-1/t8-,9-/m0/s1. The number of nitro groups is 1. The highest BCUT2D eigenvalue weighted by atomic mass is 35.5. The maximum absolute atomic E-state index is 12.5. The van der Waals surface area contributed by atoms with Crippen LogP contribution in [0.4, 0.5) is 11.4 Å². The third-order valence-corrected chi connectivity index (χ3v) is 4.62. The van der Waals surface area contributed by atoms with Gasteiger partial charge in [0.2, 0.25) is 11.8 Å². The summed E-state index contributed by atoms with van der Waals surface area (Å²) in [6.45, 7) is 0. The fourth-order valence-corrected chi connectivity index (χ4v) is 3.37. The average molecular weight is 356 g/mol. The molecule has 0 aromatic heterocycles. The van der Waals surface area contributed by atoms with Crippen LogP contribution in [0.1, 0.15) is 12.8 Å². The summed E-state index contributed by atoms with van der Waals surface area (Å²) in [5.41, 5.74) is -0.846. The van der Waals surface area contributed by atoms with E-state index in [-0.39, 0.29) is 12.1 Å². The summed E-state index contributed by atoms with van der Waals surface area (Å²) in [5, 5.41) is 23.1. The Bertz CT molecular complexity index is 777. The van der Waals surface area contributed by atoms with Gasteiger partial charge < -0.3 is 5.11 Å². The second-order valence-corrected chi connectivity index (χ2v) is 6.24. The number of fused-ring (bicyclic) bond motifs is 1. The predicted molar refractivity (Wildman–Crippen MR) is 80.2 cm³/mol. The number of hydrogen-bond acceptors (Lipinski definition) is 5. The van der Waals surface area contributed by atoms with E-state index < -0.39 is 45.0 Å². The normalized spacial score (nSPS) is 23.7. The van der Waals surface area contributed by atoms with Crippen LogP contribution < -0.4 is 10.0 Å². The zero-order valence-corrected chi connectivity index (χ0v) is 13.0. The fraction of sp³-hybridized carbons (Fsp3) is 0.286. The van der Waals surface area contributed by atoms with Gasteiger partial charge in [-0.2, -0.15) is 0 Å². The number of amides is 2. The van der Waals surface area contributed by atoms with Gasteiger partial charge in [0.25, 0.3) is 5.69 Å². The molecule has 3 rings (SSSR count). The third kappa shape index (κ3) is 2.46. The lowest BCUT2D eigenvalue weighted by molar-refractivity contribution is -0.385.